The molecule has 0 spiro atoms. The second-order valence-electron chi connectivity index (χ2n) is 6.23. The van der Waals surface area contributed by atoms with Crippen molar-refractivity contribution in [1.29, 1.82) is 0 Å². The van der Waals surface area contributed by atoms with Crippen molar-refractivity contribution in [3.63, 3.8) is 0 Å². The van der Waals surface area contributed by atoms with Crippen LogP contribution in [0.2, 0.25) is 0 Å². The predicted molar refractivity (Wildman–Crippen MR) is 93.8 cm³/mol. The van der Waals surface area contributed by atoms with Gasteiger partial charge in [-0.25, -0.2) is 13.2 Å². The number of carbonyl (C=O) groups is 2. The fraction of sp³-hybridized carbons (Fsp3) is 0.786. The summed E-state index contributed by atoms with van der Waals surface area (Å²) in [7, 11) is -5.31. The Bertz CT molecular complexity index is 703. The molecule has 3 amide bonds. The number of imide groups is 1. The predicted octanol–water partition coefficient (Wildman–Crippen LogP) is -0.593. The number of urea groups is 1. The minimum Gasteiger partial charge on any atom is -0.357 e. The fourth-order valence-corrected chi connectivity index (χ4v) is 3.83. The first-order chi connectivity index (χ1) is 13.1. The van der Waals surface area contributed by atoms with Crippen molar-refractivity contribution in [2.45, 2.75) is 31.3 Å². The lowest BCUT2D eigenvalue weighted by atomic mass is 10.1. The molecular formula is C14H23F3N6O4S. The minimum atomic E-state index is -5.31. The van der Waals surface area contributed by atoms with Crippen LogP contribution in [0.15, 0.2) is 4.99 Å². The van der Waals surface area contributed by atoms with Crippen LogP contribution in [0.1, 0.15) is 19.8 Å². The van der Waals surface area contributed by atoms with Crippen LogP contribution < -0.4 is 16.0 Å². The van der Waals surface area contributed by atoms with E-state index in [9.17, 15) is 31.2 Å². The largest absolute Gasteiger partial charge is 0.511 e. The molecule has 2 fully saturated rings. The zero-order valence-corrected chi connectivity index (χ0v) is 16.1. The molecule has 0 aromatic rings. The van der Waals surface area contributed by atoms with Crippen molar-refractivity contribution in [2.24, 2.45) is 4.99 Å². The van der Waals surface area contributed by atoms with Crippen LogP contribution >= 0.6 is 0 Å². The Morgan fingerprint density at radius 1 is 1.29 bits per heavy atom. The van der Waals surface area contributed by atoms with E-state index in [4.69, 9.17) is 0 Å². The fourth-order valence-electron chi connectivity index (χ4n) is 2.84. The number of guanidine groups is 1. The molecule has 2 aliphatic heterocycles. The number of amides is 3. The van der Waals surface area contributed by atoms with Crippen LogP contribution in [0.4, 0.5) is 18.0 Å². The van der Waals surface area contributed by atoms with E-state index < -0.39 is 21.6 Å². The summed E-state index contributed by atoms with van der Waals surface area (Å²) in [5, 5.41) is 8.41. The molecule has 0 saturated carbocycles. The molecule has 2 saturated heterocycles. The van der Waals surface area contributed by atoms with Crippen LogP contribution in [-0.2, 0) is 14.8 Å². The summed E-state index contributed by atoms with van der Waals surface area (Å²) in [6.45, 7) is 2.06. The molecule has 0 bridgehead atoms. The van der Waals surface area contributed by atoms with E-state index in [1.54, 1.807) is 0 Å². The van der Waals surface area contributed by atoms with Gasteiger partial charge in [-0.1, -0.05) is 0 Å². The van der Waals surface area contributed by atoms with Gasteiger partial charge in [0, 0.05) is 25.7 Å². The second-order valence-corrected chi connectivity index (χ2v) is 8.16. The van der Waals surface area contributed by atoms with Gasteiger partial charge in [0.2, 0.25) is 5.91 Å². The summed E-state index contributed by atoms with van der Waals surface area (Å²) in [5.74, 6) is 0.0445. The van der Waals surface area contributed by atoms with Crippen molar-refractivity contribution < 1.29 is 31.2 Å². The maximum atomic E-state index is 12.6. The topological polar surface area (TPSA) is 123 Å². The van der Waals surface area contributed by atoms with Crippen LogP contribution in [0.25, 0.3) is 0 Å². The van der Waals surface area contributed by atoms with Crippen molar-refractivity contribution in [2.75, 3.05) is 39.3 Å². The van der Waals surface area contributed by atoms with E-state index in [-0.39, 0.29) is 57.5 Å². The van der Waals surface area contributed by atoms with E-state index in [1.165, 1.54) is 0 Å². The van der Waals surface area contributed by atoms with Crippen molar-refractivity contribution in [3.8, 4) is 0 Å². The van der Waals surface area contributed by atoms with Crippen molar-refractivity contribution >= 4 is 27.9 Å². The van der Waals surface area contributed by atoms with Crippen molar-refractivity contribution in [3.05, 3.63) is 0 Å². The molecule has 0 atom stereocenters. The summed E-state index contributed by atoms with van der Waals surface area (Å²) in [4.78, 5) is 28.3. The Hall–Kier alpha value is -2.09. The number of hydrogen-bond acceptors (Lipinski definition) is 5. The van der Waals surface area contributed by atoms with Gasteiger partial charge >= 0.3 is 21.6 Å². The quantitative estimate of drug-likeness (QED) is 0.295. The molecule has 0 aromatic carbocycles. The Kier molecular flexibility index (Phi) is 7.09. The summed E-state index contributed by atoms with van der Waals surface area (Å²) in [6.07, 6.45) is 0.374. The summed E-state index contributed by atoms with van der Waals surface area (Å²) in [5.41, 5.74) is -5.30. The highest BCUT2D eigenvalue weighted by molar-refractivity contribution is 7.90. The molecule has 0 aliphatic carbocycles. The van der Waals surface area contributed by atoms with Gasteiger partial charge in [0.1, 0.15) is 0 Å². The van der Waals surface area contributed by atoms with Gasteiger partial charge in [-0.3, -0.25) is 14.7 Å². The smallest absolute Gasteiger partial charge is 0.357 e. The number of carbonyl (C=O) groups excluding carboxylic acids is 2. The van der Waals surface area contributed by atoms with Crippen molar-refractivity contribution in [1.82, 2.24) is 25.2 Å². The lowest BCUT2D eigenvalue weighted by Gasteiger charge is -2.32. The zero-order valence-electron chi connectivity index (χ0n) is 15.3. The maximum Gasteiger partial charge on any atom is 0.511 e. The van der Waals surface area contributed by atoms with E-state index in [0.717, 1.165) is 4.90 Å². The molecule has 2 rings (SSSR count). The molecule has 0 radical (unpaired) electrons. The van der Waals surface area contributed by atoms with Crippen LogP contribution in [0.5, 0.6) is 0 Å². The Balaban J connectivity index is 1.87. The third-order valence-electron chi connectivity index (χ3n) is 4.30. The average molecular weight is 428 g/mol. The minimum absolute atomic E-state index is 0.0414. The molecular weight excluding hydrogens is 405 g/mol. The highest BCUT2D eigenvalue weighted by atomic mass is 32.2. The van der Waals surface area contributed by atoms with Crippen LogP contribution in [0, 0.1) is 0 Å². The highest BCUT2D eigenvalue weighted by Crippen LogP contribution is 2.28. The van der Waals surface area contributed by atoms with Gasteiger partial charge < -0.3 is 16.0 Å². The first kappa shape index (κ1) is 22.2. The first-order valence-electron chi connectivity index (χ1n) is 8.75. The Labute approximate surface area is 160 Å². The lowest BCUT2D eigenvalue weighted by molar-refractivity contribution is -0.124. The molecule has 2 heterocycles. The molecule has 10 nitrogen and oxygen atoms in total. The summed E-state index contributed by atoms with van der Waals surface area (Å²) < 4.78 is 61.2. The van der Waals surface area contributed by atoms with Gasteiger partial charge in [0.15, 0.2) is 5.96 Å². The van der Waals surface area contributed by atoms with Crippen LogP contribution in [-0.4, -0.2) is 86.3 Å². The van der Waals surface area contributed by atoms with Gasteiger partial charge in [-0.05, 0) is 19.8 Å². The van der Waals surface area contributed by atoms with Gasteiger partial charge in [-0.15, -0.1) is 0 Å². The monoisotopic (exact) mass is 428 g/mol. The number of piperidine rings is 1. The van der Waals surface area contributed by atoms with Gasteiger partial charge in [0.05, 0.1) is 19.6 Å². The zero-order chi connectivity index (χ0) is 20.9. The third kappa shape index (κ3) is 5.25. The number of sulfonamides is 1. The molecule has 3 N–H and O–H groups in total. The standard InChI is InChI=1S/C14H23F3N6O4S/c1-2-18-12(19-5-8-23-11(24)9-20-13(23)25)21-10-3-6-22(7-4-10)28(26,27)14(15,16)17/h10H,2-9H2,1H3,(H,20,25)(H2,18,19,21). The van der Waals surface area contributed by atoms with E-state index >= 15 is 0 Å². The molecule has 28 heavy (non-hydrogen) atoms. The van der Waals surface area contributed by atoms with Gasteiger partial charge in [-0.2, -0.15) is 17.5 Å². The number of halogens is 3. The summed E-state index contributed by atoms with van der Waals surface area (Å²) in [6, 6.07) is -0.731. The number of nitrogens with one attached hydrogen (secondary N) is 3. The first-order valence-corrected chi connectivity index (χ1v) is 10.2. The Morgan fingerprint density at radius 3 is 2.43 bits per heavy atom. The molecule has 14 heteroatoms. The lowest BCUT2D eigenvalue weighted by Crippen LogP contribution is -2.51. The molecule has 160 valence electrons. The van der Waals surface area contributed by atoms with Gasteiger partial charge in [0.25, 0.3) is 0 Å². The molecule has 0 aromatic heterocycles. The third-order valence-corrected chi connectivity index (χ3v) is 5.93. The second kappa shape index (κ2) is 8.94. The van der Waals surface area contributed by atoms with E-state index in [2.05, 4.69) is 20.9 Å². The molecule has 0 unspecified atom stereocenters. The number of rotatable bonds is 6. The highest BCUT2D eigenvalue weighted by Gasteiger charge is 2.50. The summed E-state index contributed by atoms with van der Waals surface area (Å²) >= 11 is 0. The number of alkyl halides is 3. The normalized spacial score (nSPS) is 20.4. The average Bonchev–Trinajstić information content (AvgIpc) is 2.93. The van der Waals surface area contributed by atoms with Crippen LogP contribution in [0.3, 0.4) is 0 Å². The number of hydrogen-bond donors (Lipinski definition) is 3. The van der Waals surface area contributed by atoms with E-state index in [1.807, 2.05) is 6.92 Å². The van der Waals surface area contributed by atoms with E-state index in [0.29, 0.717) is 16.8 Å². The number of nitrogens with zero attached hydrogens (tertiary/aromatic N) is 3. The SMILES string of the molecule is CCNC(=NCCN1C(=O)CNC1=O)NC1CCN(S(=O)(=O)C(F)(F)F)CC1. The number of aliphatic imine (C=N–C) groups is 1. The Morgan fingerprint density at radius 2 is 1.93 bits per heavy atom. The molecule has 2 aliphatic rings. The maximum absolute atomic E-state index is 12.6.